The monoisotopic (exact) mass is 595 g/mol. The lowest BCUT2D eigenvalue weighted by molar-refractivity contribution is 0.0521. The molecule has 0 atom stereocenters. The van der Waals surface area contributed by atoms with Gasteiger partial charge < -0.3 is 24.4 Å². The van der Waals surface area contributed by atoms with Gasteiger partial charge in [0.2, 0.25) is 0 Å². The molecule has 1 aliphatic rings. The van der Waals surface area contributed by atoms with E-state index in [2.05, 4.69) is 78.4 Å². The second-order valence-corrected chi connectivity index (χ2v) is 13.8. The van der Waals surface area contributed by atoms with Gasteiger partial charge in [0.25, 0.3) is 0 Å². The number of hydrogen-bond donors (Lipinski definition) is 1. The second kappa shape index (κ2) is 16.9. The maximum atomic E-state index is 12.2. The van der Waals surface area contributed by atoms with Crippen molar-refractivity contribution in [3.63, 3.8) is 0 Å². The molecule has 3 rings (SSSR count). The summed E-state index contributed by atoms with van der Waals surface area (Å²) in [6, 6.07) is 16.8. The molecule has 1 amide bonds. The summed E-state index contributed by atoms with van der Waals surface area (Å²) in [5.74, 6) is 2.55. The highest BCUT2D eigenvalue weighted by atomic mass is 16.6. The molecule has 0 aromatic heterocycles. The van der Waals surface area contributed by atoms with E-state index in [0.29, 0.717) is 12.5 Å². The van der Waals surface area contributed by atoms with Crippen molar-refractivity contribution in [1.29, 1.82) is 0 Å². The minimum absolute atomic E-state index is 0.261. The fourth-order valence-corrected chi connectivity index (χ4v) is 5.70. The van der Waals surface area contributed by atoms with Gasteiger partial charge in [0, 0.05) is 25.2 Å². The molecule has 0 spiro atoms. The summed E-state index contributed by atoms with van der Waals surface area (Å²) < 4.78 is 17.3. The topological polar surface area (TPSA) is 63.3 Å². The fourth-order valence-electron chi connectivity index (χ4n) is 5.70. The van der Waals surface area contributed by atoms with E-state index >= 15 is 0 Å². The Labute approximate surface area is 261 Å². The molecule has 7 heteroatoms. The molecule has 7 nitrogen and oxygen atoms in total. The van der Waals surface area contributed by atoms with Gasteiger partial charge in [0.05, 0.1) is 7.11 Å². The first-order valence-electron chi connectivity index (χ1n) is 16.2. The Hall–Kier alpha value is -2.77. The van der Waals surface area contributed by atoms with Crippen LogP contribution in [0.1, 0.15) is 97.1 Å². The molecule has 0 radical (unpaired) electrons. The summed E-state index contributed by atoms with van der Waals surface area (Å²) >= 11 is 0. The SMILES string of the molecule is COc1ccccc1C1CCN(CCCCCCN(CCNC(=O)OC(C)(C)C)Cc2ccccc2OC(C)(C)C)CC1. The molecule has 1 fully saturated rings. The van der Waals surface area contributed by atoms with Crippen LogP contribution in [0.4, 0.5) is 4.79 Å². The van der Waals surface area contributed by atoms with Crippen LogP contribution < -0.4 is 14.8 Å². The number of para-hydroxylation sites is 2. The van der Waals surface area contributed by atoms with Gasteiger partial charge in [-0.15, -0.1) is 0 Å². The maximum Gasteiger partial charge on any atom is 0.407 e. The summed E-state index contributed by atoms with van der Waals surface area (Å²) in [5.41, 5.74) is 1.77. The standard InChI is InChI=1S/C36H57N3O4/c1-35(2,3)42-32-18-12-10-16-30(32)28-39(27-22-37-34(40)43-36(4,5)6)24-15-9-8-14-23-38-25-20-29(21-26-38)31-17-11-13-19-33(31)41-7/h10-13,16-19,29H,8-9,14-15,20-28H2,1-7H3,(H,37,40). The Bertz CT molecular complexity index is 1100. The third-order valence-corrected chi connectivity index (χ3v) is 7.74. The average molecular weight is 596 g/mol. The number of ether oxygens (including phenoxy) is 3. The summed E-state index contributed by atoms with van der Waals surface area (Å²) in [6.07, 6.45) is 6.84. The minimum Gasteiger partial charge on any atom is -0.496 e. The lowest BCUT2D eigenvalue weighted by Crippen LogP contribution is -2.38. The van der Waals surface area contributed by atoms with Crippen LogP contribution in [0.5, 0.6) is 11.5 Å². The maximum absolute atomic E-state index is 12.2. The Morgan fingerprint density at radius 2 is 1.51 bits per heavy atom. The summed E-state index contributed by atoms with van der Waals surface area (Å²) in [6.45, 7) is 18.5. The van der Waals surface area contributed by atoms with Gasteiger partial charge in [0.15, 0.2) is 0 Å². The Morgan fingerprint density at radius 1 is 0.860 bits per heavy atom. The molecule has 240 valence electrons. The molecule has 1 saturated heterocycles. The normalized spacial score (nSPS) is 15.0. The number of carbonyl (C=O) groups is 1. The molecule has 0 bridgehead atoms. The Balaban J connectivity index is 1.43. The van der Waals surface area contributed by atoms with E-state index in [-0.39, 0.29) is 11.7 Å². The zero-order valence-corrected chi connectivity index (χ0v) is 27.9. The Kier molecular flexibility index (Phi) is 13.7. The summed E-state index contributed by atoms with van der Waals surface area (Å²) in [4.78, 5) is 17.3. The van der Waals surface area contributed by atoms with Gasteiger partial charge in [-0.25, -0.2) is 4.79 Å². The summed E-state index contributed by atoms with van der Waals surface area (Å²) in [5, 5.41) is 2.93. The van der Waals surface area contributed by atoms with E-state index in [9.17, 15) is 4.79 Å². The molecule has 2 aromatic rings. The molecule has 43 heavy (non-hydrogen) atoms. The molecule has 0 aliphatic carbocycles. The van der Waals surface area contributed by atoms with Crippen LogP contribution >= 0.6 is 0 Å². The molecule has 0 saturated carbocycles. The van der Waals surface area contributed by atoms with E-state index in [1.165, 1.54) is 49.8 Å². The highest BCUT2D eigenvalue weighted by Crippen LogP contribution is 2.34. The van der Waals surface area contributed by atoms with Crippen molar-refractivity contribution in [2.24, 2.45) is 0 Å². The zero-order valence-electron chi connectivity index (χ0n) is 27.9. The lowest BCUT2D eigenvalue weighted by atomic mass is 9.88. The van der Waals surface area contributed by atoms with Crippen molar-refractivity contribution in [3.8, 4) is 11.5 Å². The van der Waals surface area contributed by atoms with Crippen molar-refractivity contribution in [1.82, 2.24) is 15.1 Å². The van der Waals surface area contributed by atoms with Crippen molar-refractivity contribution < 1.29 is 19.0 Å². The third-order valence-electron chi connectivity index (χ3n) is 7.74. The zero-order chi connectivity index (χ0) is 31.3. The first-order valence-corrected chi connectivity index (χ1v) is 16.2. The van der Waals surface area contributed by atoms with Crippen molar-refractivity contribution >= 4 is 6.09 Å². The number of unbranched alkanes of at least 4 members (excludes halogenated alkanes) is 3. The van der Waals surface area contributed by atoms with Gasteiger partial charge in [-0.2, -0.15) is 0 Å². The van der Waals surface area contributed by atoms with Gasteiger partial charge in [-0.05, 0) is 117 Å². The molecule has 1 aliphatic heterocycles. The van der Waals surface area contributed by atoms with Crippen LogP contribution in [0.25, 0.3) is 0 Å². The number of amides is 1. The minimum atomic E-state index is -0.502. The average Bonchev–Trinajstić information content (AvgIpc) is 2.94. The predicted molar refractivity (Wildman–Crippen MR) is 176 cm³/mol. The van der Waals surface area contributed by atoms with E-state index in [1.807, 2.05) is 26.8 Å². The summed E-state index contributed by atoms with van der Waals surface area (Å²) in [7, 11) is 1.77. The van der Waals surface area contributed by atoms with Crippen molar-refractivity contribution in [3.05, 3.63) is 59.7 Å². The van der Waals surface area contributed by atoms with Crippen LogP contribution in [0.2, 0.25) is 0 Å². The van der Waals surface area contributed by atoms with Crippen molar-refractivity contribution in [2.45, 2.75) is 104 Å². The van der Waals surface area contributed by atoms with Crippen molar-refractivity contribution in [2.75, 3.05) is 46.4 Å². The first kappa shape index (κ1) is 34.7. The fraction of sp³-hybridized carbons (Fsp3) is 0.639. The van der Waals surface area contributed by atoms with Gasteiger partial charge in [-0.3, -0.25) is 4.90 Å². The van der Waals surface area contributed by atoms with Crippen LogP contribution in [0.3, 0.4) is 0 Å². The smallest absolute Gasteiger partial charge is 0.407 e. The number of rotatable bonds is 15. The number of benzene rings is 2. The predicted octanol–water partition coefficient (Wildman–Crippen LogP) is 7.64. The van der Waals surface area contributed by atoms with E-state index < -0.39 is 5.60 Å². The van der Waals surface area contributed by atoms with Crippen LogP contribution in [-0.4, -0.2) is 73.5 Å². The number of methoxy groups -OCH3 is 1. The number of hydrogen-bond acceptors (Lipinski definition) is 6. The molecular weight excluding hydrogens is 538 g/mol. The van der Waals surface area contributed by atoms with Gasteiger partial charge in [-0.1, -0.05) is 49.2 Å². The van der Waals surface area contributed by atoms with E-state index in [0.717, 1.165) is 50.6 Å². The van der Waals surface area contributed by atoms with Crippen LogP contribution in [0.15, 0.2) is 48.5 Å². The largest absolute Gasteiger partial charge is 0.496 e. The number of piperidine rings is 1. The molecule has 0 unspecified atom stereocenters. The molecule has 1 heterocycles. The third kappa shape index (κ3) is 13.2. The molecule has 2 aromatic carbocycles. The van der Waals surface area contributed by atoms with Gasteiger partial charge >= 0.3 is 6.09 Å². The number of alkyl carbamates (subject to hydrolysis) is 1. The Morgan fingerprint density at radius 3 is 2.19 bits per heavy atom. The highest BCUT2D eigenvalue weighted by molar-refractivity contribution is 5.67. The van der Waals surface area contributed by atoms with Crippen LogP contribution in [0, 0.1) is 0 Å². The second-order valence-electron chi connectivity index (χ2n) is 13.8. The van der Waals surface area contributed by atoms with Gasteiger partial charge in [0.1, 0.15) is 22.7 Å². The molecular formula is C36H57N3O4. The first-order chi connectivity index (χ1) is 20.4. The lowest BCUT2D eigenvalue weighted by Gasteiger charge is -2.32. The number of nitrogens with one attached hydrogen (secondary N) is 1. The van der Waals surface area contributed by atoms with Crippen LogP contribution in [-0.2, 0) is 11.3 Å². The van der Waals surface area contributed by atoms with E-state index in [1.54, 1.807) is 7.11 Å². The quantitative estimate of drug-likeness (QED) is 0.214. The number of carbonyl (C=O) groups excluding carboxylic acids is 1. The van der Waals surface area contributed by atoms with E-state index in [4.69, 9.17) is 14.2 Å². The number of likely N-dealkylation sites (tertiary alicyclic amines) is 1. The highest BCUT2D eigenvalue weighted by Gasteiger charge is 2.23. The number of nitrogens with zero attached hydrogens (tertiary/aromatic N) is 2. The molecule has 1 N–H and O–H groups in total.